The van der Waals surface area contributed by atoms with Crippen molar-refractivity contribution in [3.8, 4) is 22.5 Å². The molecule has 0 radical (unpaired) electrons. The zero-order valence-electron chi connectivity index (χ0n) is 34.9. The van der Waals surface area contributed by atoms with Crippen molar-refractivity contribution in [2.45, 2.75) is 0 Å². The average Bonchev–Trinajstić information content (AvgIpc) is 4.01. The molecule has 13 aromatic rings. The molecule has 4 heteroatoms. The maximum absolute atomic E-state index is 6.51. The molecule has 0 amide bonds. The van der Waals surface area contributed by atoms with Crippen LogP contribution in [0.25, 0.3) is 88.1 Å². The Kier molecular flexibility index (Phi) is 8.23. The van der Waals surface area contributed by atoms with Crippen LogP contribution in [0.5, 0.6) is 0 Å². The van der Waals surface area contributed by atoms with Crippen molar-refractivity contribution < 1.29 is 4.42 Å². The number of hydrogen-bond acceptors (Lipinski definition) is 1. The molecule has 0 aliphatic heterocycles. The van der Waals surface area contributed by atoms with Crippen molar-refractivity contribution in [2.75, 3.05) is 0 Å². The summed E-state index contributed by atoms with van der Waals surface area (Å²) in [5.41, 5.74) is 11.2. The molecule has 3 aromatic heterocycles. The fraction of sp³-hybridized carbons (Fsp3) is 0. The highest BCUT2D eigenvalue weighted by Gasteiger charge is 2.42. The highest BCUT2D eigenvalue weighted by Crippen LogP contribution is 2.39. The molecule has 0 atom stereocenters. The Hall–Kier alpha value is -8.18. The molecular formula is C60H40N2OSi. The normalized spacial score (nSPS) is 12.1. The van der Waals surface area contributed by atoms with Gasteiger partial charge in [-0.1, -0.05) is 176 Å². The summed E-state index contributed by atoms with van der Waals surface area (Å²) in [6.45, 7) is 0. The summed E-state index contributed by atoms with van der Waals surface area (Å²) in [5, 5.41) is 12.5. The van der Waals surface area contributed by atoms with E-state index in [0.29, 0.717) is 0 Å². The van der Waals surface area contributed by atoms with Gasteiger partial charge in [0.05, 0.1) is 22.1 Å². The topological polar surface area (TPSA) is 23.0 Å². The summed E-state index contributed by atoms with van der Waals surface area (Å²) in [6.07, 6.45) is 0. The van der Waals surface area contributed by atoms with Gasteiger partial charge < -0.3 is 13.6 Å². The van der Waals surface area contributed by atoms with E-state index in [9.17, 15) is 0 Å². The van der Waals surface area contributed by atoms with Crippen molar-refractivity contribution in [1.29, 1.82) is 0 Å². The smallest absolute Gasteiger partial charge is 0.179 e. The van der Waals surface area contributed by atoms with E-state index in [2.05, 4.69) is 246 Å². The second kappa shape index (κ2) is 14.5. The lowest BCUT2D eigenvalue weighted by Gasteiger charge is -2.35. The first kappa shape index (κ1) is 36.5. The minimum absolute atomic E-state index is 0.894. The Labute approximate surface area is 371 Å². The summed E-state index contributed by atoms with van der Waals surface area (Å²) in [7, 11) is -2.98. The van der Waals surface area contributed by atoms with Crippen molar-refractivity contribution in [3.05, 3.63) is 243 Å². The molecule has 0 unspecified atom stereocenters. The van der Waals surface area contributed by atoms with Gasteiger partial charge in [-0.3, -0.25) is 0 Å². The number of fused-ring (bicyclic) bond motifs is 9. The van der Waals surface area contributed by atoms with Crippen LogP contribution in [0, 0.1) is 0 Å². The van der Waals surface area contributed by atoms with E-state index >= 15 is 0 Å². The first-order valence-corrected chi connectivity index (χ1v) is 24.0. The summed E-state index contributed by atoms with van der Waals surface area (Å²) in [4.78, 5) is 0. The number of benzene rings is 10. The molecule has 0 saturated carbocycles. The quantitative estimate of drug-likeness (QED) is 0.116. The second-order valence-electron chi connectivity index (χ2n) is 16.8. The maximum atomic E-state index is 6.51. The molecule has 0 aliphatic rings. The predicted molar refractivity (Wildman–Crippen MR) is 271 cm³/mol. The van der Waals surface area contributed by atoms with Crippen LogP contribution in [-0.4, -0.2) is 17.2 Å². The number of nitrogens with zero attached hydrogens (tertiary/aromatic N) is 2. The highest BCUT2D eigenvalue weighted by molar-refractivity contribution is 7.20. The Bertz CT molecular complexity index is 3860. The Balaban J connectivity index is 1.04. The molecule has 0 N–H and O–H groups in total. The molecule has 0 saturated heterocycles. The lowest BCUT2D eigenvalue weighted by atomic mass is 10.0. The van der Waals surface area contributed by atoms with Crippen molar-refractivity contribution in [2.24, 2.45) is 0 Å². The first-order chi connectivity index (χ1) is 31.7. The molecule has 10 aromatic carbocycles. The van der Waals surface area contributed by atoms with Crippen LogP contribution in [0.15, 0.2) is 247 Å². The highest BCUT2D eigenvalue weighted by atomic mass is 28.3. The lowest BCUT2D eigenvalue weighted by molar-refractivity contribution is 0.669. The second-order valence-corrected chi connectivity index (χ2v) is 20.7. The number of rotatable bonds is 7. The molecule has 64 heavy (non-hydrogen) atoms. The van der Waals surface area contributed by atoms with E-state index in [4.69, 9.17) is 4.42 Å². The zero-order valence-corrected chi connectivity index (χ0v) is 35.9. The molecule has 3 heterocycles. The summed E-state index contributed by atoms with van der Waals surface area (Å²) in [5.74, 6) is 0. The van der Waals surface area contributed by atoms with Gasteiger partial charge in [0.2, 0.25) is 0 Å². The summed E-state index contributed by atoms with van der Waals surface area (Å²) in [6, 6.07) is 89.5. The van der Waals surface area contributed by atoms with Gasteiger partial charge in [0.1, 0.15) is 11.2 Å². The van der Waals surface area contributed by atoms with E-state index in [-0.39, 0.29) is 0 Å². The van der Waals surface area contributed by atoms with Gasteiger partial charge in [0.25, 0.3) is 0 Å². The van der Waals surface area contributed by atoms with E-state index in [1.54, 1.807) is 0 Å². The standard InChI is InChI=1S/C60H40N2OSi/c1-4-19-43(20-5-1)61-55-31-13-10-28-49(55)52-37-42(34-35-57(52)61)41-18-16-26-47(36-41)64(45-22-6-2-7-23-45,46-24-8-3-9-25-46)48-27-17-21-44(38-48)62-56-32-14-11-29-50(56)53-39-54-51-30-12-15-33-59(51)63-60(54)40-58(53)62/h1-40H. The molecule has 300 valence electrons. The van der Waals surface area contributed by atoms with E-state index in [1.165, 1.54) is 70.0 Å². The molecule has 0 aliphatic carbocycles. The molecular weight excluding hydrogens is 793 g/mol. The third-order valence-electron chi connectivity index (χ3n) is 13.4. The van der Waals surface area contributed by atoms with Crippen LogP contribution in [0.2, 0.25) is 0 Å². The monoisotopic (exact) mass is 832 g/mol. The average molecular weight is 833 g/mol. The fourth-order valence-corrected chi connectivity index (χ4v) is 15.5. The summed E-state index contributed by atoms with van der Waals surface area (Å²) >= 11 is 0. The van der Waals surface area contributed by atoms with Crippen LogP contribution in [0.1, 0.15) is 0 Å². The third kappa shape index (κ3) is 5.46. The van der Waals surface area contributed by atoms with Crippen LogP contribution in [0.3, 0.4) is 0 Å². The van der Waals surface area contributed by atoms with E-state index < -0.39 is 8.07 Å². The van der Waals surface area contributed by atoms with Gasteiger partial charge >= 0.3 is 0 Å². The molecule has 0 bridgehead atoms. The number of para-hydroxylation sites is 4. The number of aromatic nitrogens is 2. The Morgan fingerprint density at radius 1 is 0.266 bits per heavy atom. The Morgan fingerprint density at radius 3 is 1.47 bits per heavy atom. The summed E-state index contributed by atoms with van der Waals surface area (Å²) < 4.78 is 11.3. The zero-order chi connectivity index (χ0) is 42.2. The fourth-order valence-electron chi connectivity index (χ4n) is 10.7. The Morgan fingerprint density at radius 2 is 0.766 bits per heavy atom. The van der Waals surface area contributed by atoms with Crippen LogP contribution in [0.4, 0.5) is 0 Å². The van der Waals surface area contributed by atoms with Crippen molar-refractivity contribution in [1.82, 2.24) is 9.13 Å². The van der Waals surface area contributed by atoms with Gasteiger partial charge in [-0.05, 0) is 92.5 Å². The van der Waals surface area contributed by atoms with Gasteiger partial charge in [-0.15, -0.1) is 0 Å². The van der Waals surface area contributed by atoms with Crippen LogP contribution >= 0.6 is 0 Å². The molecule has 0 spiro atoms. The van der Waals surface area contributed by atoms with Gasteiger partial charge in [-0.2, -0.15) is 0 Å². The van der Waals surface area contributed by atoms with Crippen molar-refractivity contribution in [3.63, 3.8) is 0 Å². The van der Waals surface area contributed by atoms with E-state index in [0.717, 1.165) is 38.8 Å². The first-order valence-electron chi connectivity index (χ1n) is 22.0. The minimum atomic E-state index is -2.98. The van der Waals surface area contributed by atoms with Gasteiger partial charge in [0.15, 0.2) is 8.07 Å². The van der Waals surface area contributed by atoms with Crippen LogP contribution < -0.4 is 20.7 Å². The van der Waals surface area contributed by atoms with Gasteiger partial charge in [-0.25, -0.2) is 0 Å². The minimum Gasteiger partial charge on any atom is -0.456 e. The van der Waals surface area contributed by atoms with Crippen molar-refractivity contribution >= 4 is 94.4 Å². The molecule has 0 fully saturated rings. The largest absolute Gasteiger partial charge is 0.456 e. The third-order valence-corrected chi connectivity index (χ3v) is 18.2. The number of hydrogen-bond donors (Lipinski definition) is 0. The SMILES string of the molecule is c1ccc(-n2c3ccccc3c3cc(-c4cccc([Si](c5ccccc5)(c5ccccc5)c5cccc(-n6c7ccccc7c7cc8c(cc76)oc6ccccc68)c5)c4)ccc32)cc1. The molecule has 3 nitrogen and oxygen atoms in total. The van der Waals surface area contributed by atoms with Crippen LogP contribution in [-0.2, 0) is 0 Å². The van der Waals surface area contributed by atoms with Gasteiger partial charge in [0, 0.05) is 49.8 Å². The predicted octanol–water partition coefficient (Wildman–Crippen LogP) is 12.8. The maximum Gasteiger partial charge on any atom is 0.179 e. The number of furan rings is 1. The molecule has 13 rings (SSSR count). The van der Waals surface area contributed by atoms with E-state index in [1.807, 2.05) is 6.07 Å². The lowest BCUT2D eigenvalue weighted by Crippen LogP contribution is -2.74.